The summed E-state index contributed by atoms with van der Waals surface area (Å²) in [6.07, 6.45) is 5.04. The van der Waals surface area contributed by atoms with Crippen LogP contribution in [-0.4, -0.2) is 67.4 Å². The van der Waals surface area contributed by atoms with Gasteiger partial charge < -0.3 is 14.9 Å². The zero-order valence-electron chi connectivity index (χ0n) is 18.2. The molecule has 1 aliphatic carbocycles. The molecule has 1 amide bonds. The number of anilines is 1. The van der Waals surface area contributed by atoms with E-state index in [1.54, 1.807) is 0 Å². The predicted octanol–water partition coefficient (Wildman–Crippen LogP) is 2.80. The molecular formula is C22H27F3N6O2. The molecule has 0 aromatic carbocycles. The van der Waals surface area contributed by atoms with E-state index in [1.165, 1.54) is 18.6 Å². The first-order valence-electron chi connectivity index (χ1n) is 11.4. The van der Waals surface area contributed by atoms with Crippen molar-refractivity contribution in [3.8, 4) is 5.69 Å². The summed E-state index contributed by atoms with van der Waals surface area (Å²) in [5, 5.41) is 13.3. The molecule has 33 heavy (non-hydrogen) atoms. The molecule has 178 valence electrons. The molecular weight excluding hydrogens is 437 g/mol. The third-order valence-corrected chi connectivity index (χ3v) is 7.28. The maximum Gasteiger partial charge on any atom is 0.435 e. The monoisotopic (exact) mass is 464 g/mol. The van der Waals surface area contributed by atoms with Gasteiger partial charge in [0, 0.05) is 31.9 Å². The van der Waals surface area contributed by atoms with Gasteiger partial charge in [-0.25, -0.2) is 14.6 Å². The number of alkyl halides is 3. The Morgan fingerprint density at radius 3 is 2.45 bits per heavy atom. The van der Waals surface area contributed by atoms with E-state index >= 15 is 0 Å². The lowest BCUT2D eigenvalue weighted by Crippen LogP contribution is -2.50. The third-order valence-electron chi connectivity index (χ3n) is 7.28. The summed E-state index contributed by atoms with van der Waals surface area (Å²) in [5.41, 5.74) is -1.08. The average molecular weight is 464 g/mol. The molecule has 4 heterocycles. The average Bonchev–Trinajstić information content (AvgIpc) is 3.42. The Labute approximate surface area is 189 Å². The number of aliphatic hydroxyl groups is 1. The van der Waals surface area contributed by atoms with Gasteiger partial charge in [-0.2, -0.15) is 18.3 Å². The molecule has 5 rings (SSSR count). The lowest BCUT2D eigenvalue weighted by molar-refractivity contribution is -0.141. The van der Waals surface area contributed by atoms with E-state index < -0.39 is 17.3 Å². The molecule has 3 fully saturated rings. The van der Waals surface area contributed by atoms with Gasteiger partial charge in [0.05, 0.1) is 23.9 Å². The number of hydrogen-bond donors (Lipinski definition) is 1. The van der Waals surface area contributed by atoms with E-state index in [9.17, 15) is 23.1 Å². The number of aliphatic hydroxyl groups excluding tert-OH is 1. The fourth-order valence-electron chi connectivity index (χ4n) is 5.46. The molecule has 1 N–H and O–H groups in total. The molecule has 3 aliphatic rings. The second kappa shape index (κ2) is 8.27. The van der Waals surface area contributed by atoms with Gasteiger partial charge in [0.2, 0.25) is 11.9 Å². The summed E-state index contributed by atoms with van der Waals surface area (Å²) < 4.78 is 39.5. The highest BCUT2D eigenvalue weighted by Crippen LogP contribution is 2.43. The molecule has 1 saturated carbocycles. The Morgan fingerprint density at radius 2 is 1.79 bits per heavy atom. The number of likely N-dealkylation sites (tertiary alicyclic amines) is 1. The highest BCUT2D eigenvalue weighted by atomic mass is 19.4. The number of nitrogens with zero attached hydrogens (tertiary/aromatic N) is 6. The van der Waals surface area contributed by atoms with Crippen LogP contribution in [0.2, 0.25) is 0 Å². The maximum atomic E-state index is 13.5. The summed E-state index contributed by atoms with van der Waals surface area (Å²) in [5.74, 6) is 0.662. The minimum Gasteiger partial charge on any atom is -0.393 e. The first kappa shape index (κ1) is 22.1. The summed E-state index contributed by atoms with van der Waals surface area (Å²) in [4.78, 5) is 26.2. The normalized spacial score (nSPS) is 28.7. The number of rotatable bonds is 3. The van der Waals surface area contributed by atoms with Crippen molar-refractivity contribution in [3.63, 3.8) is 0 Å². The van der Waals surface area contributed by atoms with Gasteiger partial charge in [-0.3, -0.25) is 4.79 Å². The van der Waals surface area contributed by atoms with Gasteiger partial charge in [-0.15, -0.1) is 0 Å². The number of halogens is 3. The zero-order valence-corrected chi connectivity index (χ0v) is 18.2. The lowest BCUT2D eigenvalue weighted by Gasteiger charge is -2.40. The van der Waals surface area contributed by atoms with Gasteiger partial charge in [0.1, 0.15) is 5.69 Å². The van der Waals surface area contributed by atoms with Crippen molar-refractivity contribution in [1.29, 1.82) is 0 Å². The van der Waals surface area contributed by atoms with Gasteiger partial charge in [-0.1, -0.05) is 0 Å². The number of amides is 1. The minimum absolute atomic E-state index is 0.196. The van der Waals surface area contributed by atoms with Crippen molar-refractivity contribution in [2.75, 3.05) is 24.5 Å². The predicted molar refractivity (Wildman–Crippen MR) is 113 cm³/mol. The van der Waals surface area contributed by atoms with Gasteiger partial charge in [0.15, 0.2) is 5.69 Å². The van der Waals surface area contributed by atoms with E-state index in [1.807, 2.05) is 9.80 Å². The second-order valence-corrected chi connectivity index (χ2v) is 9.40. The van der Waals surface area contributed by atoms with Crippen molar-refractivity contribution in [3.05, 3.63) is 30.4 Å². The first-order valence-corrected chi connectivity index (χ1v) is 11.4. The van der Waals surface area contributed by atoms with E-state index in [-0.39, 0.29) is 18.1 Å². The SMILES string of the molecule is O=C1N(C2CCC(O)CC2)CC[C@]12CCCN(c1ncc(-n3ccc(C(F)(F)F)n3)cn1)C2. The minimum atomic E-state index is -4.51. The molecule has 2 aliphatic heterocycles. The van der Waals surface area contributed by atoms with Crippen LogP contribution < -0.4 is 4.90 Å². The van der Waals surface area contributed by atoms with Crippen LogP contribution in [0.5, 0.6) is 0 Å². The largest absolute Gasteiger partial charge is 0.435 e. The molecule has 1 atom stereocenters. The second-order valence-electron chi connectivity index (χ2n) is 9.40. The standard InChI is InChI=1S/C22H27F3N6O2/c23-22(24,25)18-6-10-31(28-18)16-12-26-20(27-13-16)29-9-1-7-21(14-29)8-11-30(19(21)33)15-2-4-17(32)5-3-15/h6,10,12-13,15,17,32H,1-5,7-9,11,14H2/t15?,17?,21-/m0/s1. The van der Waals surface area contributed by atoms with Crippen LogP contribution in [0.4, 0.5) is 19.1 Å². The molecule has 2 aromatic heterocycles. The number of hydrogen-bond acceptors (Lipinski definition) is 6. The van der Waals surface area contributed by atoms with E-state index in [2.05, 4.69) is 15.1 Å². The highest BCUT2D eigenvalue weighted by Gasteiger charge is 2.51. The Hall–Kier alpha value is -2.69. The van der Waals surface area contributed by atoms with Crippen molar-refractivity contribution >= 4 is 11.9 Å². The summed E-state index contributed by atoms with van der Waals surface area (Å²) in [6.45, 7) is 2.01. The fraction of sp³-hybridized carbons (Fsp3) is 0.636. The van der Waals surface area contributed by atoms with Crippen LogP contribution in [0.3, 0.4) is 0 Å². The van der Waals surface area contributed by atoms with Crippen LogP contribution in [0.25, 0.3) is 5.69 Å². The highest BCUT2D eigenvalue weighted by molar-refractivity contribution is 5.86. The summed E-state index contributed by atoms with van der Waals surface area (Å²) in [7, 11) is 0. The van der Waals surface area contributed by atoms with Gasteiger partial charge in [-0.05, 0) is 51.0 Å². The van der Waals surface area contributed by atoms with Crippen LogP contribution in [0.15, 0.2) is 24.7 Å². The summed E-state index contributed by atoms with van der Waals surface area (Å²) >= 11 is 0. The van der Waals surface area contributed by atoms with Crippen molar-refractivity contribution in [2.24, 2.45) is 5.41 Å². The van der Waals surface area contributed by atoms with Crippen LogP contribution in [0, 0.1) is 5.41 Å². The molecule has 11 heteroatoms. The van der Waals surface area contributed by atoms with Crippen LogP contribution in [0.1, 0.15) is 50.6 Å². The van der Waals surface area contributed by atoms with Gasteiger partial charge in [0.25, 0.3) is 0 Å². The Balaban J connectivity index is 1.28. The first-order chi connectivity index (χ1) is 15.7. The molecule has 0 unspecified atom stereocenters. The zero-order chi connectivity index (χ0) is 23.2. The van der Waals surface area contributed by atoms with Crippen molar-refractivity contribution < 1.29 is 23.1 Å². The van der Waals surface area contributed by atoms with Crippen molar-refractivity contribution in [1.82, 2.24) is 24.6 Å². The summed E-state index contributed by atoms with van der Waals surface area (Å²) in [6, 6.07) is 1.12. The van der Waals surface area contributed by atoms with Gasteiger partial charge >= 0.3 is 6.18 Å². The topological polar surface area (TPSA) is 87.4 Å². The lowest BCUT2D eigenvalue weighted by atomic mass is 9.78. The Morgan fingerprint density at radius 1 is 1.06 bits per heavy atom. The smallest absolute Gasteiger partial charge is 0.393 e. The third kappa shape index (κ3) is 4.18. The van der Waals surface area contributed by atoms with Crippen LogP contribution in [-0.2, 0) is 11.0 Å². The molecule has 0 bridgehead atoms. The molecule has 0 radical (unpaired) electrons. The quantitative estimate of drug-likeness (QED) is 0.752. The van der Waals surface area contributed by atoms with E-state index in [0.29, 0.717) is 18.2 Å². The fourth-order valence-corrected chi connectivity index (χ4v) is 5.46. The number of carbonyl (C=O) groups excluding carboxylic acids is 1. The molecule has 2 saturated heterocycles. The van der Waals surface area contributed by atoms with E-state index in [4.69, 9.17) is 0 Å². The van der Waals surface area contributed by atoms with Crippen LogP contribution >= 0.6 is 0 Å². The number of carbonyl (C=O) groups is 1. The Kier molecular flexibility index (Phi) is 5.54. The molecule has 2 aromatic rings. The number of aromatic nitrogens is 4. The van der Waals surface area contributed by atoms with Crippen molar-refractivity contribution in [2.45, 2.75) is 63.3 Å². The Bertz CT molecular complexity index is 1000. The molecule has 8 nitrogen and oxygen atoms in total. The van der Waals surface area contributed by atoms with E-state index in [0.717, 1.165) is 68.8 Å². The maximum absolute atomic E-state index is 13.5. The number of piperidine rings is 1. The molecule has 1 spiro atoms.